The smallest absolute Gasteiger partial charge is 0.330 e. The van der Waals surface area contributed by atoms with Gasteiger partial charge in [-0.2, -0.15) is 0 Å². The van der Waals surface area contributed by atoms with Gasteiger partial charge in [0, 0.05) is 79.8 Å². The van der Waals surface area contributed by atoms with Gasteiger partial charge in [0.2, 0.25) is 11.8 Å². The van der Waals surface area contributed by atoms with Gasteiger partial charge in [0.1, 0.15) is 12.7 Å². The summed E-state index contributed by atoms with van der Waals surface area (Å²) < 4.78 is 47.0. The third kappa shape index (κ3) is 26.6. The predicted octanol–water partition coefficient (Wildman–Crippen LogP) is 5.91. The maximum atomic E-state index is 11.1. The van der Waals surface area contributed by atoms with Gasteiger partial charge in [-0.05, 0) is 107 Å². The van der Waals surface area contributed by atoms with E-state index >= 15 is 0 Å². The number of carbonyl (C=O) groups excluding carboxylic acids is 3. The van der Waals surface area contributed by atoms with Crippen LogP contribution in [0.25, 0.3) is 0 Å². The van der Waals surface area contributed by atoms with E-state index in [1.165, 1.54) is 19.4 Å². The number of rotatable bonds is 25. The fourth-order valence-corrected chi connectivity index (χ4v) is 25.6. The Hall–Kier alpha value is -1.30. The first-order valence-corrected chi connectivity index (χ1v) is 31.6. The van der Waals surface area contributed by atoms with E-state index in [-0.39, 0.29) is 25.0 Å². The first-order valence-electron chi connectivity index (χ1n) is 20.9. The minimum absolute atomic E-state index is 0.00642. The molecule has 0 spiro atoms. The lowest BCUT2D eigenvalue weighted by Gasteiger charge is -2.40. The van der Waals surface area contributed by atoms with Crippen LogP contribution >= 0.6 is 0 Å². The van der Waals surface area contributed by atoms with Crippen LogP contribution in [0, 0.1) is 0 Å². The van der Waals surface area contributed by atoms with Crippen molar-refractivity contribution in [3.8, 4) is 0 Å². The van der Waals surface area contributed by atoms with Crippen molar-refractivity contribution >= 4 is 51.5 Å². The van der Waals surface area contributed by atoms with Crippen LogP contribution in [0.5, 0.6) is 0 Å². The standard InChI is InChI=1S/C20H39NO7Si2.C18H39NO5Si2/c1-5-20(24)26-17-19(23)16-25-11-9-15-30(4)27-12-6-7-13-29(3,28-30)14-8-10-21-18(2)22;1-18(20)19-10-7-16-25(3)15-6-5-14-23-26(4,24-25)17-9-13-22-12-8-11-21-2/h5,19,23H,1,6-17H2,2-4H3,(H,21,22);5-17H2,1-4H3,(H,19,20). The van der Waals surface area contributed by atoms with Crippen molar-refractivity contribution in [3.05, 3.63) is 12.7 Å². The minimum atomic E-state index is -2.30. The number of hydrogen-bond donors (Lipinski definition) is 3. The molecule has 0 aromatic carbocycles. The third-order valence-corrected chi connectivity index (χ3v) is 27.0. The van der Waals surface area contributed by atoms with Gasteiger partial charge in [-0.1, -0.05) is 19.4 Å². The monoisotopic (exact) mass is 866 g/mol. The predicted molar refractivity (Wildman–Crippen MR) is 229 cm³/mol. The average Bonchev–Trinajstić information content (AvgIpc) is 3.12. The van der Waals surface area contributed by atoms with Crippen molar-refractivity contribution < 1.29 is 55.5 Å². The molecule has 0 radical (unpaired) electrons. The Kier molecular flexibility index (Phi) is 28.1. The van der Waals surface area contributed by atoms with E-state index in [1.807, 2.05) is 0 Å². The van der Waals surface area contributed by atoms with E-state index in [2.05, 4.69) is 43.4 Å². The van der Waals surface area contributed by atoms with E-state index in [0.29, 0.717) is 13.2 Å². The van der Waals surface area contributed by atoms with E-state index in [4.69, 9.17) is 36.0 Å². The Labute approximate surface area is 342 Å². The number of aliphatic hydroxyl groups is 1. The molecule has 2 fully saturated rings. The Balaban J connectivity index is 0.000000566. The highest BCUT2D eigenvalue weighted by molar-refractivity contribution is 6.84. The van der Waals surface area contributed by atoms with Gasteiger partial charge in [0.25, 0.3) is 0 Å². The molecule has 56 heavy (non-hydrogen) atoms. The van der Waals surface area contributed by atoms with Gasteiger partial charge in [0.15, 0.2) is 16.6 Å². The molecule has 18 heteroatoms. The van der Waals surface area contributed by atoms with Crippen LogP contribution in [-0.4, -0.2) is 136 Å². The van der Waals surface area contributed by atoms with E-state index in [9.17, 15) is 19.5 Å². The number of ether oxygens (including phenoxy) is 4. The van der Waals surface area contributed by atoms with Crippen LogP contribution in [0.2, 0.25) is 62.5 Å². The lowest BCUT2D eigenvalue weighted by Crippen LogP contribution is -2.51. The number of nitrogens with one attached hydrogen (secondary N) is 2. The molecular weight excluding hydrogens is 789 g/mol. The number of methoxy groups -OCH3 is 1. The molecule has 0 aromatic rings. The summed E-state index contributed by atoms with van der Waals surface area (Å²) in [5.74, 6) is -0.508. The van der Waals surface area contributed by atoms with Crippen molar-refractivity contribution in [2.24, 2.45) is 0 Å². The van der Waals surface area contributed by atoms with Crippen LogP contribution < -0.4 is 10.6 Å². The summed E-state index contributed by atoms with van der Waals surface area (Å²) in [6, 6.07) is 6.27. The van der Waals surface area contributed by atoms with Gasteiger partial charge in [-0.25, -0.2) is 4.79 Å². The van der Waals surface area contributed by atoms with Crippen molar-refractivity contribution in [2.45, 2.75) is 140 Å². The molecule has 3 N–H and O–H groups in total. The van der Waals surface area contributed by atoms with Gasteiger partial charge in [0.05, 0.1) is 6.61 Å². The summed E-state index contributed by atoms with van der Waals surface area (Å²) in [7, 11) is -6.40. The minimum Gasteiger partial charge on any atom is -0.460 e. The molecule has 2 saturated heterocycles. The second kappa shape index (κ2) is 29.8. The summed E-state index contributed by atoms with van der Waals surface area (Å²) in [6.45, 7) is 21.2. The fraction of sp³-hybridized carbons (Fsp3) is 0.868. The highest BCUT2D eigenvalue weighted by Crippen LogP contribution is 2.33. The maximum Gasteiger partial charge on any atom is 0.330 e. The molecule has 0 aliphatic carbocycles. The summed E-state index contributed by atoms with van der Waals surface area (Å²) in [6.07, 6.45) is 9.38. The van der Waals surface area contributed by atoms with E-state index in [0.717, 1.165) is 127 Å². The fourth-order valence-electron chi connectivity index (χ4n) is 6.94. The molecular formula is C38H78N2O12Si4. The molecule has 2 amide bonds. The Morgan fingerprint density at radius 2 is 1.18 bits per heavy atom. The van der Waals surface area contributed by atoms with Crippen molar-refractivity contribution in [2.75, 3.05) is 73.1 Å². The van der Waals surface area contributed by atoms with Gasteiger partial charge in [-0.3, -0.25) is 9.59 Å². The summed E-state index contributed by atoms with van der Waals surface area (Å²) in [5.41, 5.74) is 0. The SMILES string of the molecule is C=CC(=O)OCC(O)COCCC[Si]1(C)OCCCC[Si](C)(CCCNC(C)=O)O1.COCCCOCCC[Si]1(C)OCCCC[Si](C)(CCCNC(C)=O)O1. The molecule has 14 nitrogen and oxygen atoms in total. The van der Waals surface area contributed by atoms with Crippen LogP contribution in [0.3, 0.4) is 0 Å². The van der Waals surface area contributed by atoms with Crippen molar-refractivity contribution in [1.82, 2.24) is 10.6 Å². The molecule has 5 atom stereocenters. The van der Waals surface area contributed by atoms with Crippen molar-refractivity contribution in [3.63, 3.8) is 0 Å². The summed E-state index contributed by atoms with van der Waals surface area (Å²) in [4.78, 5) is 33.1. The first-order chi connectivity index (χ1) is 26.6. The van der Waals surface area contributed by atoms with Crippen LogP contribution in [0.4, 0.5) is 0 Å². The van der Waals surface area contributed by atoms with Crippen LogP contribution in [0.1, 0.15) is 71.6 Å². The van der Waals surface area contributed by atoms with Gasteiger partial charge >= 0.3 is 23.1 Å². The molecule has 2 aliphatic heterocycles. The Morgan fingerprint density at radius 3 is 1.64 bits per heavy atom. The van der Waals surface area contributed by atoms with E-state index < -0.39 is 45.8 Å². The molecule has 2 aliphatic rings. The normalized spacial score (nSPS) is 26.2. The number of carbonyl (C=O) groups is 3. The third-order valence-electron chi connectivity index (χ3n) is 9.82. The number of esters is 1. The second-order valence-electron chi connectivity index (χ2n) is 15.9. The zero-order chi connectivity index (χ0) is 41.8. The summed E-state index contributed by atoms with van der Waals surface area (Å²) in [5, 5.41) is 15.5. The lowest BCUT2D eigenvalue weighted by atomic mass is 10.4. The number of aliphatic hydroxyl groups excluding tert-OH is 1. The molecule has 2 heterocycles. The van der Waals surface area contributed by atoms with Crippen LogP contribution in [0.15, 0.2) is 12.7 Å². The second-order valence-corrected chi connectivity index (χ2v) is 31.4. The van der Waals surface area contributed by atoms with Crippen LogP contribution in [-0.2, 0) is 50.4 Å². The average molecular weight is 867 g/mol. The lowest BCUT2D eigenvalue weighted by molar-refractivity contribution is -0.141. The zero-order valence-corrected chi connectivity index (χ0v) is 40.0. The zero-order valence-electron chi connectivity index (χ0n) is 36.0. The van der Waals surface area contributed by atoms with Crippen molar-refractivity contribution in [1.29, 1.82) is 0 Å². The van der Waals surface area contributed by atoms with Gasteiger partial charge < -0.3 is 51.8 Å². The maximum absolute atomic E-state index is 11.1. The summed E-state index contributed by atoms with van der Waals surface area (Å²) >= 11 is 0. The van der Waals surface area contributed by atoms with Gasteiger partial charge in [-0.15, -0.1) is 0 Å². The molecule has 0 bridgehead atoms. The largest absolute Gasteiger partial charge is 0.460 e. The highest BCUT2D eigenvalue weighted by Gasteiger charge is 2.43. The molecule has 5 unspecified atom stereocenters. The first kappa shape index (κ1) is 52.7. The number of amides is 2. The quantitative estimate of drug-likeness (QED) is 0.0430. The highest BCUT2D eigenvalue weighted by atomic mass is 28.4. The topological polar surface area (TPSA) is 169 Å². The van der Waals surface area contributed by atoms with E-state index in [1.54, 1.807) is 14.0 Å². The Bertz CT molecular complexity index is 1120. The molecule has 0 saturated carbocycles. The Morgan fingerprint density at radius 1 is 0.696 bits per heavy atom. The molecule has 2 rings (SSSR count). The molecule has 0 aromatic heterocycles. The number of hydrogen-bond acceptors (Lipinski definition) is 12. The molecule has 328 valence electrons.